The van der Waals surface area contributed by atoms with Crippen LogP contribution in [-0.4, -0.2) is 19.2 Å². The largest absolute Gasteiger partial charge is 0.489 e. The van der Waals surface area contributed by atoms with Gasteiger partial charge in [0, 0.05) is 6.54 Å². The first kappa shape index (κ1) is 10.5. The smallest absolute Gasteiger partial charge is 0.120 e. The van der Waals surface area contributed by atoms with Crippen molar-refractivity contribution in [2.45, 2.75) is 32.8 Å². The summed E-state index contributed by atoms with van der Waals surface area (Å²) in [6, 6.07) is 6.32. The van der Waals surface area contributed by atoms with Gasteiger partial charge < -0.3 is 10.1 Å². The monoisotopic (exact) mass is 205 g/mol. The van der Waals surface area contributed by atoms with Gasteiger partial charge in [-0.25, -0.2) is 0 Å². The van der Waals surface area contributed by atoms with Crippen LogP contribution in [0.2, 0.25) is 0 Å². The summed E-state index contributed by atoms with van der Waals surface area (Å²) in [6.07, 6.45) is 2.73. The van der Waals surface area contributed by atoms with Crippen molar-refractivity contribution in [3.63, 3.8) is 0 Å². The van der Waals surface area contributed by atoms with Gasteiger partial charge in [0.25, 0.3) is 0 Å². The normalized spacial score (nSPS) is 21.3. The van der Waals surface area contributed by atoms with Crippen LogP contribution in [0.25, 0.3) is 0 Å². The summed E-state index contributed by atoms with van der Waals surface area (Å²) in [4.78, 5) is 0. The Morgan fingerprint density at radius 1 is 1.27 bits per heavy atom. The molecule has 0 radical (unpaired) electrons. The highest BCUT2D eigenvalue weighted by Gasteiger charge is 2.14. The Morgan fingerprint density at radius 2 is 2.13 bits per heavy atom. The number of aryl methyl sites for hydroxylation is 2. The Kier molecular flexibility index (Phi) is 3.27. The average molecular weight is 205 g/mol. The lowest BCUT2D eigenvalue weighted by atomic mass is 10.1. The molecule has 0 aromatic heterocycles. The van der Waals surface area contributed by atoms with Crippen LogP contribution >= 0.6 is 0 Å². The van der Waals surface area contributed by atoms with Crippen LogP contribution < -0.4 is 10.1 Å². The molecule has 1 aromatic rings. The molecule has 1 fully saturated rings. The number of hydrogen-bond acceptors (Lipinski definition) is 2. The minimum atomic E-state index is 0.348. The third-order valence-electron chi connectivity index (χ3n) is 3.03. The van der Waals surface area contributed by atoms with Crippen LogP contribution in [0.1, 0.15) is 24.0 Å². The van der Waals surface area contributed by atoms with Crippen molar-refractivity contribution in [1.82, 2.24) is 5.32 Å². The second-order valence-corrected chi connectivity index (χ2v) is 4.33. The van der Waals surface area contributed by atoms with Gasteiger partial charge in [0.05, 0.1) is 0 Å². The van der Waals surface area contributed by atoms with Crippen LogP contribution in [0.5, 0.6) is 5.75 Å². The first-order valence-corrected chi connectivity index (χ1v) is 5.70. The molecule has 1 aliphatic heterocycles. The van der Waals surface area contributed by atoms with Gasteiger partial charge >= 0.3 is 0 Å². The molecule has 1 aliphatic rings. The van der Waals surface area contributed by atoms with E-state index in [1.165, 1.54) is 24.0 Å². The summed E-state index contributed by atoms with van der Waals surface area (Å²) >= 11 is 0. The highest BCUT2D eigenvalue weighted by molar-refractivity contribution is 5.33. The third-order valence-corrected chi connectivity index (χ3v) is 3.03. The van der Waals surface area contributed by atoms with Gasteiger partial charge in [-0.1, -0.05) is 6.07 Å². The molecule has 1 saturated heterocycles. The van der Waals surface area contributed by atoms with Crippen molar-refractivity contribution in [1.29, 1.82) is 0 Å². The number of ether oxygens (including phenoxy) is 1. The molecule has 0 bridgehead atoms. The fraction of sp³-hybridized carbons (Fsp3) is 0.538. The zero-order chi connectivity index (χ0) is 10.7. The molecule has 1 N–H and O–H groups in total. The molecule has 2 heteroatoms. The highest BCUT2D eigenvalue weighted by Crippen LogP contribution is 2.19. The molecular weight excluding hydrogens is 186 g/mol. The van der Waals surface area contributed by atoms with E-state index in [0.29, 0.717) is 6.10 Å². The van der Waals surface area contributed by atoms with Gasteiger partial charge in [0.2, 0.25) is 0 Å². The maximum atomic E-state index is 5.93. The van der Waals surface area contributed by atoms with Crippen molar-refractivity contribution >= 4 is 0 Å². The lowest BCUT2D eigenvalue weighted by Crippen LogP contribution is -2.37. The van der Waals surface area contributed by atoms with E-state index in [0.717, 1.165) is 18.8 Å². The second-order valence-electron chi connectivity index (χ2n) is 4.33. The van der Waals surface area contributed by atoms with E-state index in [1.807, 2.05) is 0 Å². The zero-order valence-corrected chi connectivity index (χ0v) is 9.55. The van der Waals surface area contributed by atoms with E-state index in [1.54, 1.807) is 0 Å². The first-order valence-electron chi connectivity index (χ1n) is 5.70. The van der Waals surface area contributed by atoms with Gasteiger partial charge in [-0.2, -0.15) is 0 Å². The molecule has 0 saturated carbocycles. The Hall–Kier alpha value is -1.02. The SMILES string of the molecule is Cc1ccc(O[C@@H]2CCCNC2)cc1C. The van der Waals surface area contributed by atoms with Crippen molar-refractivity contribution in [2.75, 3.05) is 13.1 Å². The number of piperidine rings is 1. The molecule has 0 spiro atoms. The minimum absolute atomic E-state index is 0.348. The quantitative estimate of drug-likeness (QED) is 0.800. The lowest BCUT2D eigenvalue weighted by molar-refractivity contribution is 0.167. The molecule has 2 nitrogen and oxygen atoms in total. The van der Waals surface area contributed by atoms with E-state index in [9.17, 15) is 0 Å². The summed E-state index contributed by atoms with van der Waals surface area (Å²) in [5.74, 6) is 1.01. The first-order chi connectivity index (χ1) is 7.25. The van der Waals surface area contributed by atoms with Crippen molar-refractivity contribution in [3.05, 3.63) is 29.3 Å². The van der Waals surface area contributed by atoms with Crippen LogP contribution in [0, 0.1) is 13.8 Å². The molecule has 1 atom stereocenters. The second kappa shape index (κ2) is 4.67. The Morgan fingerprint density at radius 3 is 2.80 bits per heavy atom. The number of nitrogens with one attached hydrogen (secondary N) is 1. The summed E-state index contributed by atoms with van der Waals surface area (Å²) in [7, 11) is 0. The molecule has 15 heavy (non-hydrogen) atoms. The maximum absolute atomic E-state index is 5.93. The molecule has 0 unspecified atom stereocenters. The van der Waals surface area contributed by atoms with Gasteiger partial charge in [0.1, 0.15) is 11.9 Å². The van der Waals surface area contributed by atoms with Crippen LogP contribution in [0.15, 0.2) is 18.2 Å². The molecule has 1 aromatic carbocycles. The molecule has 0 aliphatic carbocycles. The Bertz CT molecular complexity index is 329. The molecule has 1 heterocycles. The van der Waals surface area contributed by atoms with Crippen LogP contribution in [-0.2, 0) is 0 Å². The Balaban J connectivity index is 2.00. The van der Waals surface area contributed by atoms with Crippen LogP contribution in [0.4, 0.5) is 0 Å². The van der Waals surface area contributed by atoms with E-state index < -0.39 is 0 Å². The van der Waals surface area contributed by atoms with Crippen molar-refractivity contribution in [3.8, 4) is 5.75 Å². The molecular formula is C13H19NO. The van der Waals surface area contributed by atoms with E-state index in [2.05, 4.69) is 37.4 Å². The number of rotatable bonds is 2. The third kappa shape index (κ3) is 2.72. The summed E-state index contributed by atoms with van der Waals surface area (Å²) in [5, 5.41) is 3.36. The number of benzene rings is 1. The maximum Gasteiger partial charge on any atom is 0.120 e. The fourth-order valence-electron chi connectivity index (χ4n) is 1.90. The van der Waals surface area contributed by atoms with Crippen molar-refractivity contribution in [2.24, 2.45) is 0 Å². The van der Waals surface area contributed by atoms with Gasteiger partial charge in [-0.05, 0) is 56.5 Å². The zero-order valence-electron chi connectivity index (χ0n) is 9.55. The predicted octanol–water partition coefficient (Wildman–Crippen LogP) is 2.43. The Labute approximate surface area is 91.6 Å². The summed E-state index contributed by atoms with van der Waals surface area (Å²) in [5.41, 5.74) is 2.63. The summed E-state index contributed by atoms with van der Waals surface area (Å²) in [6.45, 7) is 6.36. The van der Waals surface area contributed by atoms with Gasteiger partial charge in [-0.15, -0.1) is 0 Å². The fourth-order valence-corrected chi connectivity index (χ4v) is 1.90. The van der Waals surface area contributed by atoms with Crippen LogP contribution in [0.3, 0.4) is 0 Å². The van der Waals surface area contributed by atoms with E-state index in [4.69, 9.17) is 4.74 Å². The van der Waals surface area contributed by atoms with Crippen molar-refractivity contribution < 1.29 is 4.74 Å². The standard InChI is InChI=1S/C13H19NO/c1-10-5-6-12(8-11(10)2)15-13-4-3-7-14-9-13/h5-6,8,13-14H,3-4,7,9H2,1-2H3/t13-/m1/s1. The molecule has 0 amide bonds. The van der Waals surface area contributed by atoms with E-state index in [-0.39, 0.29) is 0 Å². The minimum Gasteiger partial charge on any atom is -0.489 e. The summed E-state index contributed by atoms with van der Waals surface area (Å²) < 4.78 is 5.93. The molecule has 82 valence electrons. The number of hydrogen-bond donors (Lipinski definition) is 1. The van der Waals surface area contributed by atoms with Gasteiger partial charge in [0.15, 0.2) is 0 Å². The van der Waals surface area contributed by atoms with Gasteiger partial charge in [-0.3, -0.25) is 0 Å². The predicted molar refractivity (Wildman–Crippen MR) is 62.4 cm³/mol. The lowest BCUT2D eigenvalue weighted by Gasteiger charge is -2.24. The topological polar surface area (TPSA) is 21.3 Å². The average Bonchev–Trinajstić information content (AvgIpc) is 2.25. The van der Waals surface area contributed by atoms with E-state index >= 15 is 0 Å². The highest BCUT2D eigenvalue weighted by atomic mass is 16.5. The molecule has 2 rings (SSSR count).